The minimum absolute atomic E-state index is 0.122. The molecule has 0 spiro atoms. The zero-order valence-electron chi connectivity index (χ0n) is 15.7. The highest BCUT2D eigenvalue weighted by atomic mass is 16.5. The van der Waals surface area contributed by atoms with Crippen LogP contribution in [0.15, 0.2) is 89.9 Å². The van der Waals surface area contributed by atoms with E-state index in [2.05, 4.69) is 10.3 Å². The summed E-state index contributed by atoms with van der Waals surface area (Å²) in [6, 6.07) is 25.7. The summed E-state index contributed by atoms with van der Waals surface area (Å²) in [7, 11) is 0. The number of nitrogens with one attached hydrogen (secondary N) is 1. The zero-order chi connectivity index (χ0) is 20.1. The lowest BCUT2D eigenvalue weighted by molar-refractivity contribution is -0.146. The van der Waals surface area contributed by atoms with Gasteiger partial charge in [-0.3, -0.25) is 14.6 Å². The molecule has 0 aromatic heterocycles. The number of hydrogen-bond donors (Lipinski definition) is 1. The van der Waals surface area contributed by atoms with Crippen LogP contribution in [0.25, 0.3) is 0 Å². The molecule has 0 radical (unpaired) electrons. The van der Waals surface area contributed by atoms with Crippen LogP contribution in [-0.2, 0) is 20.9 Å². The van der Waals surface area contributed by atoms with Crippen molar-refractivity contribution in [3.05, 3.63) is 102 Å². The second-order valence-electron chi connectivity index (χ2n) is 6.74. The first-order valence-corrected chi connectivity index (χ1v) is 9.44. The maximum absolute atomic E-state index is 12.7. The minimum atomic E-state index is -0.860. The van der Waals surface area contributed by atoms with Crippen molar-refractivity contribution in [3.8, 4) is 0 Å². The number of carbonyl (C=O) groups excluding carboxylic acids is 2. The Morgan fingerprint density at radius 1 is 0.897 bits per heavy atom. The molecule has 1 N–H and O–H groups in total. The molecule has 0 fully saturated rings. The minimum Gasteiger partial charge on any atom is -0.461 e. The molecule has 3 aromatic carbocycles. The van der Waals surface area contributed by atoms with Crippen molar-refractivity contribution in [2.24, 2.45) is 4.99 Å². The Kier molecular flexibility index (Phi) is 5.47. The van der Waals surface area contributed by atoms with E-state index < -0.39 is 12.0 Å². The Morgan fingerprint density at radius 3 is 2.31 bits per heavy atom. The van der Waals surface area contributed by atoms with Crippen molar-refractivity contribution in [3.63, 3.8) is 0 Å². The van der Waals surface area contributed by atoms with Gasteiger partial charge in [-0.2, -0.15) is 0 Å². The van der Waals surface area contributed by atoms with Crippen molar-refractivity contribution in [2.75, 3.05) is 5.32 Å². The van der Waals surface area contributed by atoms with Gasteiger partial charge < -0.3 is 10.1 Å². The number of benzene rings is 3. The van der Waals surface area contributed by atoms with Crippen LogP contribution >= 0.6 is 0 Å². The van der Waals surface area contributed by atoms with Gasteiger partial charge in [-0.05, 0) is 11.6 Å². The standard InChI is InChI=1S/C24H20N2O3/c27-22(29-16-17-9-3-1-4-10-17)15-21-24(28)26-20-14-8-7-13-19(20)23(25-21)18-11-5-2-6-12-18/h1-14,21H,15-16H2,(H,26,28)/t21-/m0/s1. The first kappa shape index (κ1) is 18.6. The second-order valence-corrected chi connectivity index (χ2v) is 6.74. The van der Waals surface area contributed by atoms with Crippen molar-refractivity contribution in [2.45, 2.75) is 19.1 Å². The highest BCUT2D eigenvalue weighted by molar-refractivity contribution is 6.19. The number of ether oxygens (including phenoxy) is 1. The van der Waals surface area contributed by atoms with Crippen LogP contribution < -0.4 is 5.32 Å². The van der Waals surface area contributed by atoms with Crippen LogP contribution in [0.4, 0.5) is 5.69 Å². The number of amides is 1. The van der Waals surface area contributed by atoms with Crippen molar-refractivity contribution >= 4 is 23.3 Å². The third-order valence-electron chi connectivity index (χ3n) is 4.68. The van der Waals surface area contributed by atoms with Crippen LogP contribution in [0.1, 0.15) is 23.1 Å². The van der Waals surface area contributed by atoms with Gasteiger partial charge in [0.25, 0.3) is 0 Å². The fourth-order valence-corrected chi connectivity index (χ4v) is 3.22. The predicted molar refractivity (Wildman–Crippen MR) is 112 cm³/mol. The molecule has 0 saturated carbocycles. The number of fused-ring (bicyclic) bond motifs is 1. The molecule has 0 bridgehead atoms. The van der Waals surface area contributed by atoms with E-state index >= 15 is 0 Å². The largest absolute Gasteiger partial charge is 0.461 e. The Bertz CT molecular complexity index is 1050. The summed E-state index contributed by atoms with van der Waals surface area (Å²) in [5.74, 6) is -0.781. The summed E-state index contributed by atoms with van der Waals surface area (Å²) in [5, 5.41) is 2.89. The summed E-state index contributed by atoms with van der Waals surface area (Å²) < 4.78 is 5.35. The fourth-order valence-electron chi connectivity index (χ4n) is 3.22. The van der Waals surface area contributed by atoms with Gasteiger partial charge in [0.2, 0.25) is 5.91 Å². The summed E-state index contributed by atoms with van der Waals surface area (Å²) >= 11 is 0. The lowest BCUT2D eigenvalue weighted by Gasteiger charge is -2.11. The molecule has 0 aliphatic carbocycles. The first-order valence-electron chi connectivity index (χ1n) is 9.44. The van der Waals surface area contributed by atoms with Gasteiger partial charge >= 0.3 is 5.97 Å². The predicted octanol–water partition coefficient (Wildman–Crippen LogP) is 3.98. The molecule has 1 atom stereocenters. The molecule has 5 nitrogen and oxygen atoms in total. The van der Waals surface area contributed by atoms with E-state index in [9.17, 15) is 9.59 Å². The van der Waals surface area contributed by atoms with E-state index in [0.29, 0.717) is 11.4 Å². The molecule has 3 aromatic rings. The normalized spacial score (nSPS) is 15.5. The molecule has 29 heavy (non-hydrogen) atoms. The number of anilines is 1. The summed E-state index contributed by atoms with van der Waals surface area (Å²) in [6.07, 6.45) is -0.122. The Balaban J connectivity index is 1.58. The summed E-state index contributed by atoms with van der Waals surface area (Å²) in [5.41, 5.74) is 3.97. The molecule has 1 aliphatic heterocycles. The number of hydrogen-bond acceptors (Lipinski definition) is 4. The van der Waals surface area contributed by atoms with Gasteiger partial charge in [-0.1, -0.05) is 78.9 Å². The van der Waals surface area contributed by atoms with Gasteiger partial charge in [0.15, 0.2) is 0 Å². The molecule has 4 rings (SSSR count). The number of carbonyl (C=O) groups is 2. The number of rotatable bonds is 5. The number of esters is 1. The second kappa shape index (κ2) is 8.52. The number of para-hydroxylation sites is 1. The summed E-state index contributed by atoms with van der Waals surface area (Å²) in [6.45, 7) is 0.170. The average Bonchev–Trinajstić information content (AvgIpc) is 2.90. The van der Waals surface area contributed by atoms with Crippen molar-refractivity contribution < 1.29 is 14.3 Å². The molecule has 0 saturated heterocycles. The lowest BCUT2D eigenvalue weighted by atomic mass is 10.0. The summed E-state index contributed by atoms with van der Waals surface area (Å²) in [4.78, 5) is 29.8. The van der Waals surface area contributed by atoms with E-state index in [0.717, 1.165) is 16.7 Å². The molecule has 1 aliphatic rings. The van der Waals surface area contributed by atoms with Crippen LogP contribution in [0.3, 0.4) is 0 Å². The molecule has 5 heteroatoms. The van der Waals surface area contributed by atoms with Crippen LogP contribution in [0, 0.1) is 0 Å². The molecular weight excluding hydrogens is 364 g/mol. The topological polar surface area (TPSA) is 67.8 Å². The quantitative estimate of drug-likeness (QED) is 0.677. The lowest BCUT2D eigenvalue weighted by Crippen LogP contribution is -2.28. The highest BCUT2D eigenvalue weighted by Gasteiger charge is 2.28. The third-order valence-corrected chi connectivity index (χ3v) is 4.68. The zero-order valence-corrected chi connectivity index (χ0v) is 15.7. The molecule has 0 unspecified atom stereocenters. The van der Waals surface area contributed by atoms with Crippen molar-refractivity contribution in [1.82, 2.24) is 0 Å². The number of nitrogens with zero attached hydrogens (tertiary/aromatic N) is 1. The number of aliphatic imine (C=N–C) groups is 1. The maximum Gasteiger partial charge on any atom is 0.308 e. The Labute approximate surface area is 169 Å². The third kappa shape index (κ3) is 4.41. The molecular formula is C24H20N2O3. The van der Waals surface area contributed by atoms with E-state index in [-0.39, 0.29) is 18.9 Å². The van der Waals surface area contributed by atoms with E-state index in [1.165, 1.54) is 0 Å². The van der Waals surface area contributed by atoms with E-state index in [4.69, 9.17) is 4.74 Å². The molecule has 144 valence electrons. The Hall–Kier alpha value is -3.73. The maximum atomic E-state index is 12.7. The smallest absolute Gasteiger partial charge is 0.308 e. The van der Waals surface area contributed by atoms with Gasteiger partial charge in [0, 0.05) is 11.1 Å². The van der Waals surface area contributed by atoms with Gasteiger partial charge in [0.1, 0.15) is 12.6 Å². The van der Waals surface area contributed by atoms with Gasteiger partial charge in [-0.25, -0.2) is 0 Å². The van der Waals surface area contributed by atoms with E-state index in [1.54, 1.807) is 0 Å². The van der Waals surface area contributed by atoms with Crippen LogP contribution in [-0.4, -0.2) is 23.6 Å². The SMILES string of the molecule is O=C(C[C@@H]1N=C(c2ccccc2)c2ccccc2NC1=O)OCc1ccccc1. The fraction of sp³-hybridized carbons (Fsp3) is 0.125. The molecule has 1 amide bonds. The van der Waals surface area contributed by atoms with Crippen molar-refractivity contribution in [1.29, 1.82) is 0 Å². The Morgan fingerprint density at radius 2 is 1.55 bits per heavy atom. The van der Waals surface area contributed by atoms with E-state index in [1.807, 2.05) is 84.9 Å². The van der Waals surface area contributed by atoms with Crippen LogP contribution in [0.2, 0.25) is 0 Å². The number of benzodiazepines with no additional fused rings is 1. The molecule has 1 heterocycles. The average molecular weight is 384 g/mol. The van der Waals surface area contributed by atoms with Crippen LogP contribution in [0.5, 0.6) is 0 Å². The monoisotopic (exact) mass is 384 g/mol. The first-order chi connectivity index (χ1) is 14.2. The van der Waals surface area contributed by atoms with Gasteiger partial charge in [0.05, 0.1) is 17.8 Å². The van der Waals surface area contributed by atoms with Gasteiger partial charge in [-0.15, -0.1) is 0 Å². The highest BCUT2D eigenvalue weighted by Crippen LogP contribution is 2.25.